The highest BCUT2D eigenvalue weighted by Gasteiger charge is 2.29. The average Bonchev–Trinajstić information content (AvgIpc) is 2.61. The monoisotopic (exact) mass is 445 g/mol. The minimum absolute atomic E-state index is 0.121. The second-order valence-electron chi connectivity index (χ2n) is 6.01. The van der Waals surface area contributed by atoms with Crippen LogP contribution in [0.1, 0.15) is 18.1 Å². The molecule has 2 aromatic rings. The van der Waals surface area contributed by atoms with Crippen LogP contribution in [0, 0.1) is 13.8 Å². The lowest BCUT2D eigenvalue weighted by molar-refractivity contribution is -0.141. The second kappa shape index (κ2) is 10.2. The summed E-state index contributed by atoms with van der Waals surface area (Å²) < 4.78 is 29.6. The zero-order valence-electron chi connectivity index (χ0n) is 15.8. The lowest BCUT2D eigenvalue weighted by Gasteiger charge is -2.21. The van der Waals surface area contributed by atoms with Crippen LogP contribution >= 0.6 is 30.8 Å². The van der Waals surface area contributed by atoms with Crippen molar-refractivity contribution >= 4 is 36.8 Å². The smallest absolute Gasteiger partial charge is 0.444 e. The molecule has 152 valence electrons. The Bertz CT molecular complexity index is 833. The zero-order valence-corrected chi connectivity index (χ0v) is 18.2. The average molecular weight is 446 g/mol. The SMILES string of the molecule is CCOC(=O)CNCP(=O)(Oc1ccc(Cl)c(C)c1)Oc1ccc(Cl)c(C)c1. The number of rotatable bonds is 9. The third-order valence-electron chi connectivity index (χ3n) is 3.63. The highest BCUT2D eigenvalue weighted by Crippen LogP contribution is 2.48. The van der Waals surface area contributed by atoms with E-state index < -0.39 is 13.6 Å². The molecular formula is C19H22Cl2NO5P. The maximum absolute atomic E-state index is 13.4. The van der Waals surface area contributed by atoms with E-state index in [-0.39, 0.29) is 19.4 Å². The number of benzene rings is 2. The number of carbonyl (C=O) groups is 1. The minimum Gasteiger partial charge on any atom is -0.465 e. The quantitative estimate of drug-likeness (QED) is 0.413. The lowest BCUT2D eigenvalue weighted by atomic mass is 10.2. The molecule has 0 radical (unpaired) electrons. The van der Waals surface area contributed by atoms with Gasteiger partial charge in [0.25, 0.3) is 0 Å². The molecule has 28 heavy (non-hydrogen) atoms. The van der Waals surface area contributed by atoms with Crippen molar-refractivity contribution in [3.05, 3.63) is 57.6 Å². The fourth-order valence-corrected chi connectivity index (χ4v) is 3.92. The van der Waals surface area contributed by atoms with Crippen molar-refractivity contribution < 1.29 is 23.1 Å². The van der Waals surface area contributed by atoms with Crippen LogP contribution in [-0.4, -0.2) is 25.4 Å². The van der Waals surface area contributed by atoms with E-state index in [1.54, 1.807) is 43.3 Å². The Labute approximate surface area is 174 Å². The number of ether oxygens (including phenoxy) is 1. The Hall–Kier alpha value is -1.72. The van der Waals surface area contributed by atoms with E-state index in [0.717, 1.165) is 11.1 Å². The summed E-state index contributed by atoms with van der Waals surface area (Å²) >= 11 is 12.1. The Morgan fingerprint density at radius 1 is 1.00 bits per heavy atom. The van der Waals surface area contributed by atoms with Gasteiger partial charge in [-0.05, 0) is 68.3 Å². The van der Waals surface area contributed by atoms with E-state index in [1.165, 1.54) is 0 Å². The number of hydrogen-bond donors (Lipinski definition) is 1. The molecule has 0 aliphatic heterocycles. The van der Waals surface area contributed by atoms with E-state index >= 15 is 0 Å². The van der Waals surface area contributed by atoms with Crippen molar-refractivity contribution in [3.8, 4) is 11.5 Å². The molecule has 1 N–H and O–H groups in total. The Balaban J connectivity index is 2.19. The summed E-state index contributed by atoms with van der Waals surface area (Å²) in [4.78, 5) is 11.5. The first-order chi connectivity index (χ1) is 13.2. The molecule has 2 aromatic carbocycles. The maximum Gasteiger partial charge on any atom is 0.444 e. The third kappa shape index (κ3) is 6.71. The number of halogens is 2. The van der Waals surface area contributed by atoms with Crippen LogP contribution in [0.25, 0.3) is 0 Å². The van der Waals surface area contributed by atoms with Gasteiger partial charge in [0.15, 0.2) is 0 Å². The van der Waals surface area contributed by atoms with Crippen LogP contribution in [-0.2, 0) is 14.1 Å². The highest BCUT2D eigenvalue weighted by atomic mass is 35.5. The van der Waals surface area contributed by atoms with Gasteiger partial charge < -0.3 is 13.8 Å². The summed E-state index contributed by atoms with van der Waals surface area (Å²) in [7, 11) is -3.71. The van der Waals surface area contributed by atoms with Crippen molar-refractivity contribution in [2.45, 2.75) is 20.8 Å². The van der Waals surface area contributed by atoms with Gasteiger partial charge in [-0.2, -0.15) is 0 Å². The zero-order chi connectivity index (χ0) is 20.7. The Kier molecular flexibility index (Phi) is 8.20. The molecule has 0 heterocycles. The minimum atomic E-state index is -3.71. The maximum atomic E-state index is 13.4. The first kappa shape index (κ1) is 22.6. The molecular weight excluding hydrogens is 424 g/mol. The van der Waals surface area contributed by atoms with Crippen LogP contribution in [0.5, 0.6) is 11.5 Å². The molecule has 0 saturated heterocycles. The number of hydrogen-bond acceptors (Lipinski definition) is 6. The van der Waals surface area contributed by atoms with E-state index in [4.69, 9.17) is 37.0 Å². The first-order valence-corrected chi connectivity index (χ1v) is 11.1. The van der Waals surface area contributed by atoms with Gasteiger partial charge in [-0.3, -0.25) is 10.1 Å². The van der Waals surface area contributed by atoms with Crippen molar-refractivity contribution in [2.24, 2.45) is 0 Å². The molecule has 0 unspecified atom stereocenters. The van der Waals surface area contributed by atoms with E-state index in [0.29, 0.717) is 21.5 Å². The summed E-state index contributed by atoms with van der Waals surface area (Å²) in [6, 6.07) is 9.82. The van der Waals surface area contributed by atoms with Crippen molar-refractivity contribution in [3.63, 3.8) is 0 Å². The molecule has 0 saturated carbocycles. The summed E-state index contributed by atoms with van der Waals surface area (Å²) in [5, 5.41) is 3.90. The van der Waals surface area contributed by atoms with E-state index in [1.807, 2.05) is 13.8 Å². The molecule has 6 nitrogen and oxygen atoms in total. The molecule has 0 aliphatic rings. The predicted octanol–water partition coefficient (Wildman–Crippen LogP) is 5.37. The van der Waals surface area contributed by atoms with Crippen LogP contribution < -0.4 is 14.4 Å². The summed E-state index contributed by atoms with van der Waals surface area (Å²) in [5.74, 6) is 0.224. The fraction of sp³-hybridized carbons (Fsp3) is 0.316. The van der Waals surface area contributed by atoms with Crippen LogP contribution in [0.15, 0.2) is 36.4 Å². The molecule has 0 aromatic heterocycles. The number of esters is 1. The van der Waals surface area contributed by atoms with Crippen LogP contribution in [0.4, 0.5) is 0 Å². The number of nitrogens with one attached hydrogen (secondary N) is 1. The summed E-state index contributed by atoms with van der Waals surface area (Å²) in [5.41, 5.74) is 1.54. The first-order valence-electron chi connectivity index (χ1n) is 8.59. The van der Waals surface area contributed by atoms with Gasteiger partial charge in [-0.1, -0.05) is 23.2 Å². The molecule has 0 aliphatic carbocycles. The van der Waals surface area contributed by atoms with Crippen molar-refractivity contribution in [1.82, 2.24) is 5.32 Å². The molecule has 0 atom stereocenters. The van der Waals surface area contributed by atoms with Crippen LogP contribution in [0.2, 0.25) is 10.0 Å². The summed E-state index contributed by atoms with van der Waals surface area (Å²) in [6.07, 6.45) is -0.199. The Morgan fingerprint density at radius 2 is 1.50 bits per heavy atom. The largest absolute Gasteiger partial charge is 0.465 e. The number of aryl methyl sites for hydroxylation is 2. The van der Waals surface area contributed by atoms with E-state index in [2.05, 4.69) is 5.32 Å². The molecule has 0 amide bonds. The van der Waals surface area contributed by atoms with Crippen LogP contribution in [0.3, 0.4) is 0 Å². The van der Waals surface area contributed by atoms with Gasteiger partial charge in [-0.15, -0.1) is 0 Å². The fourth-order valence-electron chi connectivity index (χ4n) is 2.26. The predicted molar refractivity (Wildman–Crippen MR) is 111 cm³/mol. The molecule has 0 bridgehead atoms. The molecule has 0 fully saturated rings. The topological polar surface area (TPSA) is 73.9 Å². The Morgan fingerprint density at radius 3 is 1.93 bits per heavy atom. The summed E-state index contributed by atoms with van der Waals surface area (Å²) in [6.45, 7) is 5.47. The highest BCUT2D eigenvalue weighted by molar-refractivity contribution is 7.54. The number of carbonyl (C=O) groups excluding carboxylic acids is 1. The van der Waals surface area contributed by atoms with Gasteiger partial charge >= 0.3 is 13.6 Å². The van der Waals surface area contributed by atoms with Gasteiger partial charge in [-0.25, -0.2) is 4.57 Å². The van der Waals surface area contributed by atoms with Gasteiger partial charge in [0.05, 0.1) is 13.2 Å². The molecule has 0 spiro atoms. The van der Waals surface area contributed by atoms with Crippen molar-refractivity contribution in [2.75, 3.05) is 19.4 Å². The lowest BCUT2D eigenvalue weighted by Crippen LogP contribution is -2.27. The van der Waals surface area contributed by atoms with Crippen molar-refractivity contribution in [1.29, 1.82) is 0 Å². The van der Waals surface area contributed by atoms with Gasteiger partial charge in [0, 0.05) is 10.0 Å². The molecule has 9 heteroatoms. The van der Waals surface area contributed by atoms with Gasteiger partial charge in [0.2, 0.25) is 0 Å². The normalized spacial score (nSPS) is 11.2. The van der Waals surface area contributed by atoms with E-state index in [9.17, 15) is 9.36 Å². The third-order valence-corrected chi connectivity index (χ3v) is 6.06. The second-order valence-corrected chi connectivity index (χ2v) is 8.72. The standard InChI is InChI=1S/C19H22Cl2NO5P/c1-4-25-19(23)11-22-12-28(24,26-15-5-7-17(20)13(2)9-15)27-16-6-8-18(21)14(3)10-16/h5-10,22H,4,11-12H2,1-3H3. The van der Waals surface area contributed by atoms with Gasteiger partial charge in [0.1, 0.15) is 17.8 Å². The molecule has 2 rings (SSSR count).